The van der Waals surface area contributed by atoms with Crippen molar-refractivity contribution < 1.29 is 19.1 Å². The van der Waals surface area contributed by atoms with E-state index in [2.05, 4.69) is 0 Å². The van der Waals surface area contributed by atoms with Crippen LogP contribution in [0.25, 0.3) is 0 Å². The molecule has 0 aromatic heterocycles. The first-order valence-electron chi connectivity index (χ1n) is 6.80. The summed E-state index contributed by atoms with van der Waals surface area (Å²) in [5.41, 5.74) is 0. The second-order valence-corrected chi connectivity index (χ2v) is 4.88. The average Bonchev–Trinajstić information content (AvgIpc) is 2.34. The van der Waals surface area contributed by atoms with Crippen LogP contribution in [0, 0.1) is 11.8 Å². The molecule has 0 saturated carbocycles. The van der Waals surface area contributed by atoms with Crippen LogP contribution in [0.5, 0.6) is 0 Å². The number of ether oxygens (including phenoxy) is 2. The molecule has 0 heterocycles. The van der Waals surface area contributed by atoms with Crippen LogP contribution in [0.2, 0.25) is 0 Å². The topological polar surface area (TPSA) is 52.6 Å². The summed E-state index contributed by atoms with van der Waals surface area (Å²) in [4.78, 5) is 22.6. The zero-order chi connectivity index (χ0) is 14.0. The number of rotatable bonds is 9. The summed E-state index contributed by atoms with van der Waals surface area (Å²) >= 11 is 0. The Kier molecular flexibility index (Phi) is 9.33. The maximum absolute atomic E-state index is 11.3. The van der Waals surface area contributed by atoms with E-state index in [-0.39, 0.29) is 25.2 Å². The van der Waals surface area contributed by atoms with Gasteiger partial charge in [-0.1, -0.05) is 40.5 Å². The summed E-state index contributed by atoms with van der Waals surface area (Å²) in [6, 6.07) is 0. The van der Waals surface area contributed by atoms with Gasteiger partial charge in [-0.2, -0.15) is 0 Å². The van der Waals surface area contributed by atoms with Crippen molar-refractivity contribution in [3.05, 3.63) is 0 Å². The van der Waals surface area contributed by atoms with E-state index < -0.39 is 0 Å². The van der Waals surface area contributed by atoms with Gasteiger partial charge in [-0.3, -0.25) is 9.59 Å². The Labute approximate surface area is 110 Å². The predicted octanol–water partition coefficient (Wildman–Crippen LogP) is 2.95. The molecule has 4 nitrogen and oxygen atoms in total. The minimum atomic E-state index is -0.220. The van der Waals surface area contributed by atoms with Crippen molar-refractivity contribution in [1.82, 2.24) is 0 Å². The third-order valence-electron chi connectivity index (χ3n) is 3.03. The fourth-order valence-corrected chi connectivity index (χ4v) is 1.29. The zero-order valence-electron chi connectivity index (χ0n) is 12.0. The molecule has 0 rings (SSSR count). The number of carbonyl (C=O) groups is 2. The van der Waals surface area contributed by atoms with Crippen molar-refractivity contribution in [1.29, 1.82) is 0 Å². The van der Waals surface area contributed by atoms with Crippen molar-refractivity contribution in [2.45, 2.75) is 53.4 Å². The van der Waals surface area contributed by atoms with E-state index in [1.807, 2.05) is 27.7 Å². The molecule has 2 atom stereocenters. The zero-order valence-corrected chi connectivity index (χ0v) is 12.0. The van der Waals surface area contributed by atoms with Gasteiger partial charge in [0.15, 0.2) is 0 Å². The SMILES string of the molecule is CCC(C)CC(=O)OCCOC(=O)CC(C)CC. The molecule has 0 bridgehead atoms. The van der Waals surface area contributed by atoms with E-state index in [1.54, 1.807) is 0 Å². The minimum absolute atomic E-state index is 0.154. The van der Waals surface area contributed by atoms with Crippen LogP contribution in [0.3, 0.4) is 0 Å². The van der Waals surface area contributed by atoms with Gasteiger partial charge in [0.05, 0.1) is 0 Å². The Morgan fingerprint density at radius 2 is 1.17 bits per heavy atom. The quantitative estimate of drug-likeness (QED) is 0.471. The Bertz CT molecular complexity index is 224. The molecule has 0 fully saturated rings. The van der Waals surface area contributed by atoms with Crippen LogP contribution in [0.1, 0.15) is 53.4 Å². The molecule has 18 heavy (non-hydrogen) atoms. The number of hydrogen-bond donors (Lipinski definition) is 0. The highest BCUT2D eigenvalue weighted by Crippen LogP contribution is 2.08. The maximum atomic E-state index is 11.3. The minimum Gasteiger partial charge on any atom is -0.462 e. The molecule has 0 amide bonds. The Morgan fingerprint density at radius 3 is 1.44 bits per heavy atom. The molecule has 0 saturated heterocycles. The fourth-order valence-electron chi connectivity index (χ4n) is 1.29. The van der Waals surface area contributed by atoms with Gasteiger partial charge in [0.25, 0.3) is 0 Å². The van der Waals surface area contributed by atoms with Crippen LogP contribution < -0.4 is 0 Å². The van der Waals surface area contributed by atoms with E-state index >= 15 is 0 Å². The van der Waals surface area contributed by atoms with Crippen LogP contribution in [-0.4, -0.2) is 25.2 Å². The van der Waals surface area contributed by atoms with Crippen LogP contribution in [0.15, 0.2) is 0 Å². The standard InChI is InChI=1S/C14H26O4/c1-5-11(3)9-13(15)17-7-8-18-14(16)10-12(4)6-2/h11-12H,5-10H2,1-4H3. The summed E-state index contributed by atoms with van der Waals surface area (Å²) < 4.78 is 9.96. The molecule has 106 valence electrons. The first kappa shape index (κ1) is 16.9. The van der Waals surface area contributed by atoms with Gasteiger partial charge in [0.1, 0.15) is 13.2 Å². The first-order chi connectivity index (χ1) is 8.49. The van der Waals surface area contributed by atoms with Gasteiger partial charge >= 0.3 is 11.9 Å². The van der Waals surface area contributed by atoms with Gasteiger partial charge in [-0.15, -0.1) is 0 Å². The fraction of sp³-hybridized carbons (Fsp3) is 0.857. The molecule has 0 aliphatic carbocycles. The highest BCUT2D eigenvalue weighted by Gasteiger charge is 2.10. The summed E-state index contributed by atoms with van der Waals surface area (Å²) in [5.74, 6) is 0.237. The first-order valence-corrected chi connectivity index (χ1v) is 6.80. The Morgan fingerprint density at radius 1 is 0.833 bits per heavy atom. The monoisotopic (exact) mass is 258 g/mol. The molecule has 0 spiro atoms. The van der Waals surface area contributed by atoms with Crippen molar-refractivity contribution in [2.24, 2.45) is 11.8 Å². The van der Waals surface area contributed by atoms with E-state index in [1.165, 1.54) is 0 Å². The van der Waals surface area contributed by atoms with Gasteiger partial charge in [-0.05, 0) is 11.8 Å². The predicted molar refractivity (Wildman–Crippen MR) is 70.1 cm³/mol. The molecule has 0 aromatic carbocycles. The van der Waals surface area contributed by atoms with E-state index in [4.69, 9.17) is 9.47 Å². The maximum Gasteiger partial charge on any atom is 0.306 e. The molecule has 0 radical (unpaired) electrons. The van der Waals surface area contributed by atoms with Gasteiger partial charge in [0, 0.05) is 12.8 Å². The molecule has 4 heteroatoms. The molecule has 2 unspecified atom stereocenters. The molecule has 0 aliphatic rings. The summed E-state index contributed by atoms with van der Waals surface area (Å²) in [6.45, 7) is 8.40. The second kappa shape index (κ2) is 9.92. The summed E-state index contributed by atoms with van der Waals surface area (Å²) in [6.07, 6.45) is 2.77. The molecule has 0 aliphatic heterocycles. The highest BCUT2D eigenvalue weighted by molar-refractivity contribution is 5.70. The van der Waals surface area contributed by atoms with Crippen molar-refractivity contribution in [3.63, 3.8) is 0 Å². The molecular formula is C14H26O4. The molecular weight excluding hydrogens is 232 g/mol. The normalized spacial score (nSPS) is 13.8. The van der Waals surface area contributed by atoms with E-state index in [0.29, 0.717) is 24.7 Å². The lowest BCUT2D eigenvalue weighted by Crippen LogP contribution is -2.16. The summed E-state index contributed by atoms with van der Waals surface area (Å²) in [5, 5.41) is 0. The molecule has 0 N–H and O–H groups in total. The van der Waals surface area contributed by atoms with Crippen LogP contribution in [-0.2, 0) is 19.1 Å². The molecule has 0 aromatic rings. The second-order valence-electron chi connectivity index (χ2n) is 4.88. The highest BCUT2D eigenvalue weighted by atomic mass is 16.6. The van der Waals surface area contributed by atoms with Crippen LogP contribution in [0.4, 0.5) is 0 Å². The third-order valence-corrected chi connectivity index (χ3v) is 3.03. The van der Waals surface area contributed by atoms with Crippen molar-refractivity contribution in [2.75, 3.05) is 13.2 Å². The number of esters is 2. The lowest BCUT2D eigenvalue weighted by Gasteiger charge is -2.10. The van der Waals surface area contributed by atoms with Gasteiger partial charge < -0.3 is 9.47 Å². The Hall–Kier alpha value is -1.06. The number of carbonyl (C=O) groups excluding carboxylic acids is 2. The average molecular weight is 258 g/mol. The third kappa shape index (κ3) is 9.02. The van der Waals surface area contributed by atoms with Crippen molar-refractivity contribution in [3.8, 4) is 0 Å². The van der Waals surface area contributed by atoms with E-state index in [9.17, 15) is 9.59 Å². The van der Waals surface area contributed by atoms with Crippen molar-refractivity contribution >= 4 is 11.9 Å². The lowest BCUT2D eigenvalue weighted by molar-refractivity contribution is -0.153. The lowest BCUT2D eigenvalue weighted by atomic mass is 10.1. The number of hydrogen-bond acceptors (Lipinski definition) is 4. The van der Waals surface area contributed by atoms with Gasteiger partial charge in [0.2, 0.25) is 0 Å². The largest absolute Gasteiger partial charge is 0.462 e. The Balaban J connectivity index is 3.55. The summed E-state index contributed by atoms with van der Waals surface area (Å²) in [7, 11) is 0. The van der Waals surface area contributed by atoms with E-state index in [0.717, 1.165) is 12.8 Å². The smallest absolute Gasteiger partial charge is 0.306 e. The van der Waals surface area contributed by atoms with Gasteiger partial charge in [-0.25, -0.2) is 0 Å². The van der Waals surface area contributed by atoms with Crippen LogP contribution >= 0.6 is 0 Å².